The zero-order chi connectivity index (χ0) is 25.0. The van der Waals surface area contributed by atoms with E-state index in [0.29, 0.717) is 5.82 Å². The number of imidazole rings is 1. The van der Waals surface area contributed by atoms with Crippen molar-refractivity contribution in [1.82, 2.24) is 19.5 Å². The second kappa shape index (κ2) is 7.96. The molecule has 0 amide bonds. The van der Waals surface area contributed by atoms with Gasteiger partial charge in [-0.1, -0.05) is 0 Å². The van der Waals surface area contributed by atoms with Crippen molar-refractivity contribution in [2.24, 2.45) is 0 Å². The van der Waals surface area contributed by atoms with Gasteiger partial charge in [-0.2, -0.15) is 36.3 Å². The van der Waals surface area contributed by atoms with Gasteiger partial charge < -0.3 is 34.3 Å². The second-order valence-electron chi connectivity index (χ2n) is 8.16. The van der Waals surface area contributed by atoms with Crippen LogP contribution in [0.25, 0.3) is 11.2 Å². The van der Waals surface area contributed by atoms with Crippen molar-refractivity contribution in [3.8, 4) is 0 Å². The lowest BCUT2D eigenvalue weighted by molar-refractivity contribution is -0.347. The van der Waals surface area contributed by atoms with Crippen LogP contribution in [0, 0.1) is 0 Å². The van der Waals surface area contributed by atoms with Crippen molar-refractivity contribution in [3.63, 3.8) is 0 Å². The van der Waals surface area contributed by atoms with Gasteiger partial charge in [-0.05, 0) is 20.4 Å². The maximum Gasteiger partial charge on any atom is 0.392 e. The van der Waals surface area contributed by atoms with Crippen molar-refractivity contribution in [2.45, 2.75) is 55.5 Å². The van der Waals surface area contributed by atoms with Crippen LogP contribution in [-0.2, 0) is 15.8 Å². The summed E-state index contributed by atoms with van der Waals surface area (Å²) in [6, 6.07) is 0. The molecule has 2 aromatic heterocycles. The molecule has 0 aliphatic heterocycles. The van der Waals surface area contributed by atoms with Crippen molar-refractivity contribution in [2.75, 3.05) is 24.7 Å². The molecule has 0 atom stereocenters. The maximum absolute atomic E-state index is 13.1. The van der Waals surface area contributed by atoms with E-state index >= 15 is 0 Å². The molecule has 3 rings (SSSR count). The smallest absolute Gasteiger partial charge is 0.392 e. The monoisotopic (exact) mass is 504 g/mol. The van der Waals surface area contributed by atoms with E-state index < -0.39 is 50.3 Å². The number of nitrogen functional groups attached to an aromatic ring is 1. The molecule has 10 nitrogen and oxygen atoms in total. The van der Waals surface area contributed by atoms with Crippen LogP contribution >= 0.6 is 7.60 Å². The van der Waals surface area contributed by atoms with Gasteiger partial charge in [-0.15, -0.1) is 0 Å². The number of nitrogens with zero attached hydrogens (tertiary/aromatic N) is 5. The van der Waals surface area contributed by atoms with Crippen LogP contribution in [0.2, 0.25) is 0 Å². The van der Waals surface area contributed by atoms with E-state index in [1.807, 2.05) is 0 Å². The lowest BCUT2D eigenvalue weighted by Gasteiger charge is -2.51. The summed E-state index contributed by atoms with van der Waals surface area (Å²) in [6.45, 7) is -0.412. The molecule has 0 aromatic carbocycles. The zero-order valence-electron chi connectivity index (χ0n) is 17.3. The number of hydrogen-bond donors (Lipinski definition) is 1. The molecule has 1 saturated carbocycles. The summed E-state index contributed by atoms with van der Waals surface area (Å²) in [5.74, 6) is 0.125. The first-order valence-corrected chi connectivity index (χ1v) is 10.9. The summed E-state index contributed by atoms with van der Waals surface area (Å²) < 4.78 is 96.7. The van der Waals surface area contributed by atoms with Crippen LogP contribution in [0.3, 0.4) is 0 Å². The highest BCUT2D eigenvalue weighted by atomic mass is 31.2. The minimum Gasteiger partial charge on any atom is -0.809 e. The number of alkyl halides is 6. The van der Waals surface area contributed by atoms with Crippen molar-refractivity contribution in [3.05, 3.63) is 6.33 Å². The standard InChI is InChI=1S/C16H21F6N6O4P/c1-27(2)10-9-11(26-12(23)25-10)28(8-24-9)7-13(3-4-13)32-14(33(29,30)31,5-15(17,18)19)6-16(20,21)22/h8H,3-7H2,1-2H3,(H2,23,25,26)(H2,29,30,31)/p-2. The average Bonchev–Trinajstić information content (AvgIpc) is 3.21. The van der Waals surface area contributed by atoms with Gasteiger partial charge >= 0.3 is 12.4 Å². The summed E-state index contributed by atoms with van der Waals surface area (Å²) in [5, 5.41) is -4.06. The number of aromatic nitrogens is 4. The number of anilines is 2. The Morgan fingerprint density at radius 3 is 2.12 bits per heavy atom. The first-order chi connectivity index (χ1) is 14.9. The van der Waals surface area contributed by atoms with E-state index in [9.17, 15) is 40.7 Å². The predicted octanol–water partition coefficient (Wildman–Crippen LogP) is 1.54. The van der Waals surface area contributed by atoms with Crippen LogP contribution in [0.15, 0.2) is 6.33 Å². The highest BCUT2D eigenvalue weighted by molar-refractivity contribution is 7.50. The molecule has 1 aliphatic carbocycles. The zero-order valence-corrected chi connectivity index (χ0v) is 18.2. The third-order valence-corrected chi connectivity index (χ3v) is 6.42. The molecule has 0 unspecified atom stereocenters. The van der Waals surface area contributed by atoms with Gasteiger partial charge in [0.2, 0.25) is 5.95 Å². The van der Waals surface area contributed by atoms with E-state index in [-0.39, 0.29) is 30.0 Å². The Morgan fingerprint density at radius 2 is 1.70 bits per heavy atom. The lowest BCUT2D eigenvalue weighted by atomic mass is 10.1. The largest absolute Gasteiger partial charge is 0.809 e. The number of nitrogens with two attached hydrogens (primary N) is 1. The first kappa shape index (κ1) is 25.5. The molecule has 2 heterocycles. The summed E-state index contributed by atoms with van der Waals surface area (Å²) in [6.07, 6.45) is -15.0. The fraction of sp³-hybridized carbons (Fsp3) is 0.688. The SMILES string of the molecule is CN(C)c1nc(N)nc2c1ncn2CC1(OC(CC(F)(F)F)(CC(F)(F)F)P(=O)([O-])[O-])CC1. The van der Waals surface area contributed by atoms with E-state index in [0.717, 1.165) is 0 Å². The summed E-state index contributed by atoms with van der Waals surface area (Å²) in [5.41, 5.74) is 4.23. The lowest BCUT2D eigenvalue weighted by Crippen LogP contribution is -2.51. The highest BCUT2D eigenvalue weighted by Gasteiger charge is 2.58. The Kier molecular flexibility index (Phi) is 6.14. The van der Waals surface area contributed by atoms with Gasteiger partial charge in [-0.25, -0.2) is 4.98 Å². The van der Waals surface area contributed by atoms with Gasteiger partial charge in [0.25, 0.3) is 0 Å². The van der Waals surface area contributed by atoms with Gasteiger partial charge in [0.05, 0.1) is 31.3 Å². The third kappa shape index (κ3) is 5.67. The average molecular weight is 504 g/mol. The van der Waals surface area contributed by atoms with Crippen molar-refractivity contribution >= 4 is 30.5 Å². The van der Waals surface area contributed by atoms with E-state index in [4.69, 9.17) is 10.5 Å². The number of halogens is 6. The fourth-order valence-corrected chi connectivity index (χ4v) is 4.58. The predicted molar refractivity (Wildman–Crippen MR) is 98.8 cm³/mol. The molecule has 0 radical (unpaired) electrons. The molecule has 2 N–H and O–H groups in total. The molecule has 1 fully saturated rings. The van der Waals surface area contributed by atoms with E-state index in [1.54, 1.807) is 19.0 Å². The van der Waals surface area contributed by atoms with E-state index in [1.165, 1.54) is 10.9 Å². The molecule has 0 bridgehead atoms. The molecule has 33 heavy (non-hydrogen) atoms. The molecule has 1 aliphatic rings. The van der Waals surface area contributed by atoms with Crippen LogP contribution in [-0.4, -0.2) is 56.9 Å². The number of fused-ring (bicyclic) bond motifs is 1. The Morgan fingerprint density at radius 1 is 1.15 bits per heavy atom. The maximum atomic E-state index is 13.1. The number of ether oxygens (including phenoxy) is 1. The topological polar surface area (TPSA) is 145 Å². The Hall–Kier alpha value is -2.16. The molecule has 0 spiro atoms. The Bertz CT molecular complexity index is 1060. The number of rotatable bonds is 8. The van der Waals surface area contributed by atoms with Crippen LogP contribution in [0.4, 0.5) is 38.1 Å². The van der Waals surface area contributed by atoms with Crippen LogP contribution in [0.5, 0.6) is 0 Å². The minimum absolute atomic E-state index is 0.0920. The molecular formula is C16H19F6N6O4P-2. The number of hydrogen-bond acceptors (Lipinski definition) is 9. The van der Waals surface area contributed by atoms with Crippen LogP contribution < -0.4 is 20.4 Å². The first-order valence-electron chi connectivity index (χ1n) is 9.37. The van der Waals surface area contributed by atoms with Gasteiger partial charge in [0.1, 0.15) is 5.34 Å². The third-order valence-electron chi connectivity index (χ3n) is 5.01. The quantitative estimate of drug-likeness (QED) is 0.418. The molecular weight excluding hydrogens is 485 g/mol. The van der Waals surface area contributed by atoms with Gasteiger partial charge in [0, 0.05) is 14.1 Å². The molecule has 186 valence electrons. The van der Waals surface area contributed by atoms with Gasteiger partial charge in [0.15, 0.2) is 17.0 Å². The normalized spacial score (nSPS) is 16.9. The summed E-state index contributed by atoms with van der Waals surface area (Å²) in [4.78, 5) is 37.2. The molecule has 0 saturated heterocycles. The Balaban J connectivity index is 2.02. The summed E-state index contributed by atoms with van der Waals surface area (Å²) in [7, 11) is -3.30. The van der Waals surface area contributed by atoms with Crippen molar-refractivity contribution in [1.29, 1.82) is 0 Å². The summed E-state index contributed by atoms with van der Waals surface area (Å²) >= 11 is 0. The molecule has 17 heteroatoms. The fourth-order valence-electron chi connectivity index (χ4n) is 3.53. The second-order valence-corrected chi connectivity index (χ2v) is 9.97. The van der Waals surface area contributed by atoms with Gasteiger partial charge in [-0.3, -0.25) is 0 Å². The highest BCUT2D eigenvalue weighted by Crippen LogP contribution is 2.60. The minimum atomic E-state index is -6.56. The Labute approximate surface area is 182 Å². The van der Waals surface area contributed by atoms with Crippen molar-refractivity contribution < 1.29 is 45.4 Å². The van der Waals surface area contributed by atoms with Crippen LogP contribution in [0.1, 0.15) is 25.7 Å². The van der Waals surface area contributed by atoms with E-state index in [2.05, 4.69) is 15.0 Å². The molecule has 2 aromatic rings.